The summed E-state index contributed by atoms with van der Waals surface area (Å²) in [5.41, 5.74) is 4.47. The summed E-state index contributed by atoms with van der Waals surface area (Å²) >= 11 is 0. The van der Waals surface area contributed by atoms with Gasteiger partial charge in [-0.2, -0.15) is 5.26 Å². The summed E-state index contributed by atoms with van der Waals surface area (Å²) in [6, 6.07) is 12.3. The average Bonchev–Trinajstić information content (AvgIpc) is 3.39. The molecular weight excluding hydrogens is 445 g/mol. The van der Waals surface area contributed by atoms with Gasteiger partial charge in [0.1, 0.15) is 5.82 Å². The van der Waals surface area contributed by atoms with Crippen molar-refractivity contribution >= 4 is 5.65 Å². The number of aliphatic hydroxyl groups is 1. The van der Waals surface area contributed by atoms with Gasteiger partial charge in [0.25, 0.3) is 5.88 Å². The molecule has 0 spiro atoms. The Morgan fingerprint density at radius 3 is 2.43 bits per heavy atom. The topological polar surface area (TPSA) is 95.5 Å². The molecule has 4 aromatic rings. The number of aliphatic hydroxyl groups excluding tert-OH is 1. The Kier molecular flexibility index (Phi) is 7.70. The number of imidazole rings is 1. The summed E-state index contributed by atoms with van der Waals surface area (Å²) < 4.78 is 21.8. The van der Waals surface area contributed by atoms with E-state index in [0.717, 1.165) is 5.56 Å². The zero-order valence-corrected chi connectivity index (χ0v) is 19.9. The number of benzene rings is 2. The highest BCUT2D eigenvalue weighted by atomic mass is 19.1. The van der Waals surface area contributed by atoms with Crippen LogP contribution in [0.5, 0.6) is 5.88 Å². The van der Waals surface area contributed by atoms with Crippen LogP contribution in [0.2, 0.25) is 0 Å². The van der Waals surface area contributed by atoms with E-state index in [2.05, 4.69) is 21.4 Å². The minimum Gasteiger partial charge on any atom is -0.478 e. The van der Waals surface area contributed by atoms with E-state index in [0.29, 0.717) is 39.6 Å². The van der Waals surface area contributed by atoms with Crippen LogP contribution in [-0.4, -0.2) is 39.7 Å². The van der Waals surface area contributed by atoms with Gasteiger partial charge in [-0.15, -0.1) is 0 Å². The number of halogens is 1. The maximum absolute atomic E-state index is 14.6. The molecule has 8 heteroatoms. The quantitative estimate of drug-likeness (QED) is 0.448. The minimum atomic E-state index is -0.489. The molecule has 0 radical (unpaired) electrons. The lowest BCUT2D eigenvalue weighted by Crippen LogP contribution is -2.21. The van der Waals surface area contributed by atoms with Gasteiger partial charge in [-0.1, -0.05) is 18.6 Å². The van der Waals surface area contributed by atoms with Crippen LogP contribution in [0.15, 0.2) is 48.8 Å². The number of nitrogens with zero attached hydrogens (tertiary/aromatic N) is 4. The third kappa shape index (κ3) is 5.16. The number of methoxy groups -OCH3 is 1. The number of aryl methyl sites for hydroxylation is 1. The summed E-state index contributed by atoms with van der Waals surface area (Å²) in [7, 11) is 1.51. The van der Waals surface area contributed by atoms with Crippen LogP contribution in [0.1, 0.15) is 36.0 Å². The Morgan fingerprint density at radius 1 is 1.14 bits per heavy atom. The van der Waals surface area contributed by atoms with Gasteiger partial charge in [0.05, 0.1) is 36.7 Å². The SMILES string of the molecule is C1CCNCC1.COc1nc(-c2ccc(C#N)cc2)c(-c2cc(C)c(CO)c(F)c2)n2ccnc12. The zero-order valence-electron chi connectivity index (χ0n) is 19.9. The standard InChI is InChI=1S/C22H17FN4O2.C5H11N/c1-13-9-16(10-18(23)17(13)12-28)20-19(15-5-3-14(11-24)4-6-15)26-22(29-2)21-25-7-8-27(20)21;1-2-4-6-5-3-1/h3-10,28H,12H2,1-2H3;6H,1-5H2. The van der Waals surface area contributed by atoms with Crippen molar-refractivity contribution in [3.8, 4) is 34.5 Å². The lowest BCUT2D eigenvalue weighted by molar-refractivity contribution is 0.275. The molecule has 2 aromatic carbocycles. The second-order valence-corrected chi connectivity index (χ2v) is 8.35. The molecule has 0 saturated carbocycles. The van der Waals surface area contributed by atoms with Gasteiger partial charge in [-0.3, -0.25) is 4.40 Å². The lowest BCUT2D eigenvalue weighted by atomic mass is 9.98. The highest BCUT2D eigenvalue weighted by Gasteiger charge is 2.20. The molecular formula is C27H28FN5O2. The number of piperidine rings is 1. The molecule has 2 aromatic heterocycles. The van der Waals surface area contributed by atoms with Crippen molar-refractivity contribution in [3.63, 3.8) is 0 Å². The number of rotatable bonds is 4. The number of nitriles is 1. The van der Waals surface area contributed by atoms with Crippen molar-refractivity contribution < 1.29 is 14.2 Å². The van der Waals surface area contributed by atoms with Gasteiger partial charge >= 0.3 is 0 Å². The first-order valence-electron chi connectivity index (χ1n) is 11.6. The van der Waals surface area contributed by atoms with Crippen LogP contribution < -0.4 is 10.1 Å². The Bertz CT molecular complexity index is 1320. The maximum Gasteiger partial charge on any atom is 0.258 e. The molecule has 0 amide bonds. The van der Waals surface area contributed by atoms with Crippen molar-refractivity contribution in [1.29, 1.82) is 5.26 Å². The van der Waals surface area contributed by atoms with Crippen molar-refractivity contribution in [1.82, 2.24) is 19.7 Å². The Balaban J connectivity index is 0.000000421. The highest BCUT2D eigenvalue weighted by Crippen LogP contribution is 2.36. The molecule has 0 unspecified atom stereocenters. The number of aromatic nitrogens is 3. The molecule has 180 valence electrons. The summed E-state index contributed by atoms with van der Waals surface area (Å²) in [4.78, 5) is 8.95. The molecule has 3 heterocycles. The van der Waals surface area contributed by atoms with Crippen LogP contribution in [0.4, 0.5) is 4.39 Å². The van der Waals surface area contributed by atoms with E-state index >= 15 is 0 Å². The summed E-state index contributed by atoms with van der Waals surface area (Å²) in [5.74, 6) is -0.153. The van der Waals surface area contributed by atoms with Gasteiger partial charge in [-0.05, 0) is 62.7 Å². The minimum absolute atomic E-state index is 0.261. The number of fused-ring (bicyclic) bond motifs is 1. The maximum atomic E-state index is 14.6. The first-order chi connectivity index (χ1) is 17.1. The van der Waals surface area contributed by atoms with E-state index in [4.69, 9.17) is 10.00 Å². The first kappa shape index (κ1) is 24.3. The average molecular weight is 474 g/mol. The van der Waals surface area contributed by atoms with E-state index in [-0.39, 0.29) is 12.2 Å². The van der Waals surface area contributed by atoms with Gasteiger partial charge in [0, 0.05) is 29.1 Å². The van der Waals surface area contributed by atoms with Crippen molar-refractivity contribution in [2.45, 2.75) is 32.8 Å². The number of hydrogen-bond acceptors (Lipinski definition) is 6. The molecule has 7 nitrogen and oxygen atoms in total. The normalized spacial score (nSPS) is 13.1. The van der Waals surface area contributed by atoms with Gasteiger partial charge in [0.2, 0.25) is 5.65 Å². The third-order valence-corrected chi connectivity index (χ3v) is 6.05. The van der Waals surface area contributed by atoms with Crippen LogP contribution in [0.3, 0.4) is 0 Å². The molecule has 35 heavy (non-hydrogen) atoms. The second kappa shape index (κ2) is 11.1. The van der Waals surface area contributed by atoms with Crippen molar-refractivity contribution in [3.05, 3.63) is 71.3 Å². The molecule has 1 saturated heterocycles. The summed E-state index contributed by atoms with van der Waals surface area (Å²) in [6.45, 7) is 3.88. The van der Waals surface area contributed by atoms with E-state index in [1.165, 1.54) is 45.5 Å². The van der Waals surface area contributed by atoms with Crippen molar-refractivity contribution in [2.24, 2.45) is 0 Å². The molecule has 0 aliphatic carbocycles. The summed E-state index contributed by atoms with van der Waals surface area (Å²) in [6.07, 6.45) is 7.60. The zero-order chi connectivity index (χ0) is 24.8. The van der Waals surface area contributed by atoms with E-state index in [1.54, 1.807) is 48.0 Å². The number of ether oxygens (including phenoxy) is 1. The van der Waals surface area contributed by atoms with Crippen LogP contribution >= 0.6 is 0 Å². The fraction of sp³-hybridized carbons (Fsp3) is 0.296. The summed E-state index contributed by atoms with van der Waals surface area (Å²) in [5, 5.41) is 21.8. The Morgan fingerprint density at radius 2 is 1.89 bits per heavy atom. The lowest BCUT2D eigenvalue weighted by Gasteiger charge is -2.16. The van der Waals surface area contributed by atoms with Crippen LogP contribution in [-0.2, 0) is 6.61 Å². The third-order valence-electron chi connectivity index (χ3n) is 6.05. The second-order valence-electron chi connectivity index (χ2n) is 8.35. The Hall–Kier alpha value is -3.80. The van der Waals surface area contributed by atoms with Gasteiger partial charge < -0.3 is 15.2 Å². The van der Waals surface area contributed by atoms with E-state index < -0.39 is 5.82 Å². The van der Waals surface area contributed by atoms with Crippen LogP contribution in [0, 0.1) is 24.1 Å². The predicted octanol–water partition coefficient (Wildman–Crippen LogP) is 4.64. The first-order valence-corrected chi connectivity index (χ1v) is 11.6. The highest BCUT2D eigenvalue weighted by molar-refractivity contribution is 5.82. The molecule has 0 atom stereocenters. The molecule has 2 N–H and O–H groups in total. The smallest absolute Gasteiger partial charge is 0.258 e. The molecule has 5 rings (SSSR count). The largest absolute Gasteiger partial charge is 0.478 e. The van der Waals surface area contributed by atoms with E-state index in [9.17, 15) is 9.50 Å². The number of hydrogen-bond donors (Lipinski definition) is 2. The fourth-order valence-corrected chi connectivity index (χ4v) is 4.19. The van der Waals surface area contributed by atoms with E-state index in [1.807, 2.05) is 6.07 Å². The van der Waals surface area contributed by atoms with Gasteiger partial charge in [0.15, 0.2) is 0 Å². The van der Waals surface area contributed by atoms with Crippen molar-refractivity contribution in [2.75, 3.05) is 20.2 Å². The van der Waals surface area contributed by atoms with Gasteiger partial charge in [-0.25, -0.2) is 14.4 Å². The Labute approximate surface area is 203 Å². The molecule has 1 aliphatic heterocycles. The monoisotopic (exact) mass is 473 g/mol. The molecule has 1 fully saturated rings. The van der Waals surface area contributed by atoms with Crippen LogP contribution in [0.25, 0.3) is 28.2 Å². The molecule has 0 bridgehead atoms. The fourth-order valence-electron chi connectivity index (χ4n) is 4.19. The predicted molar refractivity (Wildman–Crippen MR) is 132 cm³/mol. The number of nitrogens with one attached hydrogen (secondary N) is 1. The molecule has 1 aliphatic rings.